The first-order valence-corrected chi connectivity index (χ1v) is 13.2. The molecule has 0 unspecified atom stereocenters. The first-order chi connectivity index (χ1) is 19.6. The molecule has 0 aliphatic carbocycles. The van der Waals surface area contributed by atoms with Crippen molar-refractivity contribution in [3.63, 3.8) is 0 Å². The first kappa shape index (κ1) is 26.9. The zero-order valence-corrected chi connectivity index (χ0v) is 22.6. The van der Waals surface area contributed by atoms with E-state index in [1.54, 1.807) is 17.9 Å². The summed E-state index contributed by atoms with van der Waals surface area (Å²) < 4.78 is 12.1. The molecule has 5 rings (SSSR count). The van der Waals surface area contributed by atoms with Crippen molar-refractivity contribution >= 4 is 45.1 Å². The summed E-state index contributed by atoms with van der Waals surface area (Å²) in [5.74, 6) is -0.758. The fourth-order valence-electron chi connectivity index (χ4n) is 4.91. The van der Waals surface area contributed by atoms with E-state index in [0.717, 1.165) is 16.8 Å². The van der Waals surface area contributed by atoms with Crippen LogP contribution in [0.3, 0.4) is 0 Å². The van der Waals surface area contributed by atoms with Crippen LogP contribution in [0.1, 0.15) is 28.0 Å². The molecule has 8 nitrogen and oxygen atoms in total. The van der Waals surface area contributed by atoms with Crippen LogP contribution in [0.15, 0.2) is 85.1 Å². The Balaban J connectivity index is 1.48. The number of esters is 1. The maximum atomic E-state index is 13.1. The van der Waals surface area contributed by atoms with Crippen molar-refractivity contribution in [2.45, 2.75) is 25.9 Å². The number of benzene rings is 3. The second kappa shape index (κ2) is 12.4. The number of aromatic nitrogens is 2. The van der Waals surface area contributed by atoms with Gasteiger partial charge in [0, 0.05) is 32.0 Å². The van der Waals surface area contributed by atoms with Gasteiger partial charge in [0.15, 0.2) is 5.69 Å². The predicted octanol–water partition coefficient (Wildman–Crippen LogP) is 5.81. The molecule has 0 spiro atoms. The average Bonchev–Trinajstić information content (AvgIpc) is 3.29. The third-order valence-electron chi connectivity index (χ3n) is 6.91. The molecule has 8 heteroatoms. The van der Waals surface area contributed by atoms with Gasteiger partial charge in [-0.3, -0.25) is 4.79 Å². The third-order valence-corrected chi connectivity index (χ3v) is 6.91. The molecule has 1 amide bonds. The van der Waals surface area contributed by atoms with Crippen LogP contribution in [0.2, 0.25) is 0 Å². The van der Waals surface area contributed by atoms with Gasteiger partial charge in [0.05, 0.1) is 31.3 Å². The van der Waals surface area contributed by atoms with E-state index in [-0.39, 0.29) is 18.0 Å². The summed E-state index contributed by atoms with van der Waals surface area (Å²) in [5.41, 5.74) is 4.17. The maximum absolute atomic E-state index is 13.1. The van der Waals surface area contributed by atoms with Gasteiger partial charge in [-0.2, -0.15) is 0 Å². The number of nitrogens with one attached hydrogen (secondary N) is 2. The lowest BCUT2D eigenvalue weighted by atomic mass is 10.0. The van der Waals surface area contributed by atoms with E-state index in [0.29, 0.717) is 42.8 Å². The van der Waals surface area contributed by atoms with Crippen molar-refractivity contribution in [3.8, 4) is 0 Å². The summed E-state index contributed by atoms with van der Waals surface area (Å²) in [4.78, 5) is 30.8. The van der Waals surface area contributed by atoms with Crippen LogP contribution >= 0.6 is 0 Å². The molecule has 3 aromatic carbocycles. The topological polar surface area (TPSA) is 94.5 Å². The summed E-state index contributed by atoms with van der Waals surface area (Å²) in [6, 6.07) is 26.2. The van der Waals surface area contributed by atoms with E-state index in [1.807, 2.05) is 54.6 Å². The van der Waals surface area contributed by atoms with Crippen molar-refractivity contribution in [2.24, 2.45) is 0 Å². The average molecular weight is 537 g/mol. The molecule has 0 bridgehead atoms. The zero-order valence-electron chi connectivity index (χ0n) is 22.6. The van der Waals surface area contributed by atoms with Crippen molar-refractivity contribution in [2.75, 3.05) is 31.5 Å². The molecule has 0 aliphatic heterocycles. The molecule has 0 saturated carbocycles. The number of nitrogens with zero attached hydrogens (tertiary/aromatic N) is 2. The normalized spacial score (nSPS) is 11.1. The molecule has 40 heavy (non-hydrogen) atoms. The molecule has 2 N–H and O–H groups in total. The Hall–Kier alpha value is -4.69. The van der Waals surface area contributed by atoms with Gasteiger partial charge in [-0.1, -0.05) is 72.8 Å². The quantitative estimate of drug-likeness (QED) is 0.207. The van der Waals surface area contributed by atoms with Crippen molar-refractivity contribution in [1.82, 2.24) is 9.55 Å². The Kier molecular flexibility index (Phi) is 8.37. The standard InChI is InChI=1S/C32H32N4O4/c1-39-18-17-36-30(32(38)40-2)29(35-28(37)16-15-22-9-4-3-5-10-22)27-19-25(21-34-31(27)36)33-20-24-13-8-12-23-11-6-7-14-26(23)24/h3-14,19,21,33H,15-18,20H2,1-2H3,(H,35,37). The minimum absolute atomic E-state index is 0.200. The number of amides is 1. The van der Waals surface area contributed by atoms with E-state index in [1.165, 1.54) is 17.9 Å². The summed E-state index contributed by atoms with van der Waals surface area (Å²) in [6.45, 7) is 1.31. The van der Waals surface area contributed by atoms with E-state index >= 15 is 0 Å². The highest BCUT2D eigenvalue weighted by atomic mass is 16.5. The summed E-state index contributed by atoms with van der Waals surface area (Å²) >= 11 is 0. The molecule has 2 heterocycles. The fourth-order valence-corrected chi connectivity index (χ4v) is 4.91. The highest BCUT2D eigenvalue weighted by Gasteiger charge is 2.26. The lowest BCUT2D eigenvalue weighted by molar-refractivity contribution is -0.116. The lowest BCUT2D eigenvalue weighted by Crippen LogP contribution is -2.18. The van der Waals surface area contributed by atoms with E-state index in [2.05, 4.69) is 34.9 Å². The van der Waals surface area contributed by atoms with Gasteiger partial charge in [-0.25, -0.2) is 9.78 Å². The van der Waals surface area contributed by atoms with Gasteiger partial charge in [0.25, 0.3) is 0 Å². The third kappa shape index (κ3) is 5.82. The highest BCUT2D eigenvalue weighted by Crippen LogP contribution is 2.33. The molecule has 0 radical (unpaired) electrons. The minimum atomic E-state index is -0.558. The highest BCUT2D eigenvalue weighted by molar-refractivity contribution is 6.11. The van der Waals surface area contributed by atoms with Crippen LogP contribution in [0, 0.1) is 0 Å². The van der Waals surface area contributed by atoms with Gasteiger partial charge >= 0.3 is 5.97 Å². The van der Waals surface area contributed by atoms with Crippen LogP contribution in [0.5, 0.6) is 0 Å². The minimum Gasteiger partial charge on any atom is -0.464 e. The van der Waals surface area contributed by atoms with E-state index in [4.69, 9.17) is 14.5 Å². The number of hydrogen-bond acceptors (Lipinski definition) is 6. The Morgan fingerprint density at radius 1 is 0.925 bits per heavy atom. The monoisotopic (exact) mass is 536 g/mol. The van der Waals surface area contributed by atoms with Crippen LogP contribution in [0.25, 0.3) is 21.8 Å². The van der Waals surface area contributed by atoms with Crippen LogP contribution < -0.4 is 10.6 Å². The number of anilines is 2. The van der Waals surface area contributed by atoms with Crippen molar-refractivity contribution in [3.05, 3.63) is 102 Å². The Labute approximate surface area is 232 Å². The maximum Gasteiger partial charge on any atom is 0.356 e. The molecule has 0 fully saturated rings. The van der Waals surface area contributed by atoms with Gasteiger partial charge < -0.3 is 24.7 Å². The second-order valence-corrected chi connectivity index (χ2v) is 9.48. The molecule has 5 aromatic rings. The first-order valence-electron chi connectivity index (χ1n) is 13.2. The number of carbonyl (C=O) groups is 2. The van der Waals surface area contributed by atoms with Gasteiger partial charge in [-0.15, -0.1) is 0 Å². The van der Waals surface area contributed by atoms with Crippen LogP contribution in [-0.2, 0) is 33.8 Å². The second-order valence-electron chi connectivity index (χ2n) is 9.48. The molecule has 0 atom stereocenters. The zero-order chi connectivity index (χ0) is 27.9. The molecule has 2 aromatic heterocycles. The molecule has 204 valence electrons. The predicted molar refractivity (Wildman–Crippen MR) is 158 cm³/mol. The fraction of sp³-hybridized carbons (Fsp3) is 0.219. The van der Waals surface area contributed by atoms with Crippen molar-refractivity contribution in [1.29, 1.82) is 0 Å². The largest absolute Gasteiger partial charge is 0.464 e. The number of pyridine rings is 1. The lowest BCUT2D eigenvalue weighted by Gasteiger charge is -2.10. The number of carbonyl (C=O) groups excluding carboxylic acids is 2. The van der Waals surface area contributed by atoms with E-state index < -0.39 is 5.97 Å². The SMILES string of the molecule is COCCn1c(C(=O)OC)c(NC(=O)CCc2ccccc2)c2cc(NCc3cccc4ccccc34)cnc21. The number of rotatable bonds is 11. The van der Waals surface area contributed by atoms with Crippen molar-refractivity contribution < 1.29 is 19.1 Å². The summed E-state index contributed by atoms with van der Waals surface area (Å²) in [7, 11) is 2.92. The Morgan fingerprint density at radius 3 is 2.50 bits per heavy atom. The smallest absolute Gasteiger partial charge is 0.356 e. The van der Waals surface area contributed by atoms with Gasteiger partial charge in [0.1, 0.15) is 5.65 Å². The number of fused-ring (bicyclic) bond motifs is 2. The van der Waals surface area contributed by atoms with Gasteiger partial charge in [0.2, 0.25) is 5.91 Å². The molecular formula is C32H32N4O4. The number of methoxy groups -OCH3 is 2. The number of aryl methyl sites for hydroxylation is 1. The van der Waals surface area contributed by atoms with Gasteiger partial charge in [-0.05, 0) is 34.4 Å². The molecular weight excluding hydrogens is 504 g/mol. The summed E-state index contributed by atoms with van der Waals surface area (Å²) in [6.07, 6.45) is 2.58. The Morgan fingerprint density at radius 2 is 1.70 bits per heavy atom. The molecule has 0 saturated heterocycles. The van der Waals surface area contributed by atoms with Crippen LogP contribution in [0.4, 0.5) is 11.4 Å². The number of hydrogen-bond donors (Lipinski definition) is 2. The summed E-state index contributed by atoms with van der Waals surface area (Å²) in [5, 5.41) is 9.45. The number of ether oxygens (including phenoxy) is 2. The Bertz CT molecular complexity index is 1640. The van der Waals surface area contributed by atoms with Crippen LogP contribution in [-0.4, -0.2) is 42.3 Å². The van der Waals surface area contributed by atoms with E-state index in [9.17, 15) is 9.59 Å². The molecule has 0 aliphatic rings.